The van der Waals surface area contributed by atoms with E-state index in [-0.39, 0.29) is 5.95 Å². The molecule has 4 N–H and O–H groups in total. The van der Waals surface area contributed by atoms with Gasteiger partial charge in [-0.3, -0.25) is 0 Å². The number of anilines is 3. The standard InChI is InChI=1S/C8H6BCl2N5/c9-6-4(10)1-3(2-5(6)11)13-8-14-7(12)15-16-8/h1-2H,(H4,12,13,14,15,16). The maximum absolute atomic E-state index is 5.87. The van der Waals surface area contributed by atoms with Crippen molar-refractivity contribution in [2.45, 2.75) is 0 Å². The second kappa shape index (κ2) is 4.23. The second-order valence-electron chi connectivity index (χ2n) is 3.02. The van der Waals surface area contributed by atoms with Crippen molar-refractivity contribution in [1.29, 1.82) is 0 Å². The molecule has 1 heterocycles. The SMILES string of the molecule is [B]c1c(Cl)cc(Nc2n[nH]c(N)n2)cc1Cl. The van der Waals surface area contributed by atoms with Crippen LogP contribution in [-0.2, 0) is 0 Å². The Bertz CT molecular complexity index is 504. The molecule has 8 heteroatoms. The first kappa shape index (κ1) is 11.1. The fourth-order valence-corrected chi connectivity index (χ4v) is 1.60. The summed E-state index contributed by atoms with van der Waals surface area (Å²) in [6.45, 7) is 0. The molecule has 2 aromatic rings. The van der Waals surface area contributed by atoms with Gasteiger partial charge in [0.2, 0.25) is 11.9 Å². The molecule has 80 valence electrons. The number of aromatic nitrogens is 3. The summed E-state index contributed by atoms with van der Waals surface area (Å²) < 4.78 is 0. The van der Waals surface area contributed by atoms with E-state index >= 15 is 0 Å². The van der Waals surface area contributed by atoms with Crippen molar-refractivity contribution in [2.75, 3.05) is 11.1 Å². The van der Waals surface area contributed by atoms with Crippen molar-refractivity contribution in [3.8, 4) is 0 Å². The summed E-state index contributed by atoms with van der Waals surface area (Å²) in [5, 5.41) is 9.89. The third kappa shape index (κ3) is 2.23. The molecule has 0 spiro atoms. The summed E-state index contributed by atoms with van der Waals surface area (Å²) in [6.07, 6.45) is 0. The number of benzene rings is 1. The molecule has 5 nitrogen and oxygen atoms in total. The summed E-state index contributed by atoms with van der Waals surface area (Å²) >= 11 is 11.7. The van der Waals surface area contributed by atoms with Gasteiger partial charge in [-0.1, -0.05) is 28.7 Å². The smallest absolute Gasteiger partial charge is 0.248 e. The Balaban J connectivity index is 2.28. The molecule has 0 fully saturated rings. The number of halogens is 2. The van der Waals surface area contributed by atoms with Gasteiger partial charge in [-0.25, -0.2) is 5.10 Å². The van der Waals surface area contributed by atoms with E-state index in [1.807, 2.05) is 0 Å². The van der Waals surface area contributed by atoms with Gasteiger partial charge in [0.25, 0.3) is 0 Å². The predicted molar refractivity (Wildman–Crippen MR) is 65.9 cm³/mol. The van der Waals surface area contributed by atoms with Crippen LogP contribution in [0.3, 0.4) is 0 Å². The topological polar surface area (TPSA) is 79.6 Å². The van der Waals surface area contributed by atoms with Crippen LogP contribution >= 0.6 is 23.2 Å². The molecule has 16 heavy (non-hydrogen) atoms. The molecule has 0 unspecified atom stereocenters. The minimum atomic E-state index is 0.218. The van der Waals surface area contributed by atoms with E-state index < -0.39 is 0 Å². The van der Waals surface area contributed by atoms with Crippen molar-refractivity contribution < 1.29 is 0 Å². The molecule has 0 saturated heterocycles. The fourth-order valence-electron chi connectivity index (χ4n) is 1.12. The first-order valence-corrected chi connectivity index (χ1v) is 5.01. The van der Waals surface area contributed by atoms with Gasteiger partial charge in [-0.2, -0.15) is 4.98 Å². The van der Waals surface area contributed by atoms with Crippen molar-refractivity contribution in [3.05, 3.63) is 22.2 Å². The van der Waals surface area contributed by atoms with Gasteiger partial charge in [0.1, 0.15) is 7.85 Å². The summed E-state index contributed by atoms with van der Waals surface area (Å²) in [6, 6.07) is 3.24. The highest BCUT2D eigenvalue weighted by molar-refractivity contribution is 6.52. The van der Waals surface area contributed by atoms with E-state index in [0.717, 1.165) is 0 Å². The Hall–Kier alpha value is -1.40. The first-order valence-electron chi connectivity index (χ1n) is 4.25. The van der Waals surface area contributed by atoms with E-state index in [2.05, 4.69) is 20.5 Å². The molecule has 0 saturated carbocycles. The van der Waals surface area contributed by atoms with Crippen LogP contribution in [0.2, 0.25) is 10.0 Å². The van der Waals surface area contributed by atoms with Crippen molar-refractivity contribution in [3.63, 3.8) is 0 Å². The van der Waals surface area contributed by atoms with E-state index in [1.165, 1.54) is 0 Å². The summed E-state index contributed by atoms with van der Waals surface area (Å²) in [4.78, 5) is 3.87. The van der Waals surface area contributed by atoms with E-state index in [4.69, 9.17) is 36.8 Å². The van der Waals surface area contributed by atoms with Crippen LogP contribution in [-0.4, -0.2) is 23.0 Å². The second-order valence-corrected chi connectivity index (χ2v) is 3.84. The third-order valence-corrected chi connectivity index (χ3v) is 2.46. The normalized spacial score (nSPS) is 10.4. The van der Waals surface area contributed by atoms with Crippen LogP contribution in [0.15, 0.2) is 12.1 Å². The quantitative estimate of drug-likeness (QED) is 0.704. The van der Waals surface area contributed by atoms with Crippen LogP contribution < -0.4 is 16.5 Å². The van der Waals surface area contributed by atoms with Gasteiger partial charge >= 0.3 is 0 Å². The molecule has 0 atom stereocenters. The van der Waals surface area contributed by atoms with Gasteiger partial charge in [-0.05, 0) is 12.1 Å². The highest BCUT2D eigenvalue weighted by Gasteiger charge is 2.05. The zero-order chi connectivity index (χ0) is 11.7. The highest BCUT2D eigenvalue weighted by atomic mass is 35.5. The van der Waals surface area contributed by atoms with E-state index in [0.29, 0.717) is 27.1 Å². The van der Waals surface area contributed by atoms with Gasteiger partial charge in [-0.15, -0.1) is 5.10 Å². The number of hydrogen-bond donors (Lipinski definition) is 3. The molecule has 0 amide bonds. The number of nitrogen functional groups attached to an aromatic ring is 1. The molecule has 0 aliphatic rings. The minimum absolute atomic E-state index is 0.218. The molecule has 2 radical (unpaired) electrons. The lowest BCUT2D eigenvalue weighted by Crippen LogP contribution is -2.06. The average molecular weight is 254 g/mol. The predicted octanol–water partition coefficient (Wildman–Crippen LogP) is 1.23. The van der Waals surface area contributed by atoms with Crippen LogP contribution in [0.4, 0.5) is 17.6 Å². The largest absolute Gasteiger partial charge is 0.368 e. The van der Waals surface area contributed by atoms with Crippen LogP contribution in [0.25, 0.3) is 0 Å². The average Bonchev–Trinajstić information content (AvgIpc) is 2.60. The van der Waals surface area contributed by atoms with E-state index in [9.17, 15) is 0 Å². The zero-order valence-electron chi connectivity index (χ0n) is 7.96. The monoisotopic (exact) mass is 253 g/mol. The lowest BCUT2D eigenvalue weighted by molar-refractivity contribution is 1.10. The summed E-state index contributed by atoms with van der Waals surface area (Å²) in [7, 11) is 5.60. The van der Waals surface area contributed by atoms with Gasteiger partial charge in [0.15, 0.2) is 0 Å². The lowest BCUT2D eigenvalue weighted by Gasteiger charge is -2.06. The number of hydrogen-bond acceptors (Lipinski definition) is 4. The molecular formula is C8H6BCl2N5. The Morgan fingerprint density at radius 2 is 1.94 bits per heavy atom. The highest BCUT2D eigenvalue weighted by Crippen LogP contribution is 2.21. The number of H-pyrrole nitrogens is 1. The Morgan fingerprint density at radius 3 is 2.44 bits per heavy atom. The molecule has 0 aliphatic heterocycles. The molecule has 0 aliphatic carbocycles. The summed E-state index contributed by atoms with van der Waals surface area (Å²) in [5.41, 5.74) is 6.34. The molecule has 1 aromatic heterocycles. The molecular weight excluding hydrogens is 248 g/mol. The maximum atomic E-state index is 5.87. The Morgan fingerprint density at radius 1 is 1.31 bits per heavy atom. The van der Waals surface area contributed by atoms with E-state index in [1.54, 1.807) is 12.1 Å². The molecule has 0 bridgehead atoms. The number of nitrogens with two attached hydrogens (primary N) is 1. The summed E-state index contributed by atoms with van der Waals surface area (Å²) in [5.74, 6) is 0.546. The van der Waals surface area contributed by atoms with Gasteiger partial charge in [0.05, 0.1) is 0 Å². The van der Waals surface area contributed by atoms with Gasteiger partial charge in [0, 0.05) is 15.7 Å². The van der Waals surface area contributed by atoms with Crippen molar-refractivity contribution >= 4 is 54.1 Å². The maximum Gasteiger partial charge on any atom is 0.248 e. The number of aromatic amines is 1. The van der Waals surface area contributed by atoms with Crippen LogP contribution in [0.5, 0.6) is 0 Å². The third-order valence-electron chi connectivity index (χ3n) is 1.84. The van der Waals surface area contributed by atoms with Crippen LogP contribution in [0, 0.1) is 0 Å². The molecule has 2 rings (SSSR count). The first-order chi connectivity index (χ1) is 7.56. The lowest BCUT2D eigenvalue weighted by atomic mass is 9.96. The number of nitrogens with one attached hydrogen (secondary N) is 2. The van der Waals surface area contributed by atoms with Crippen molar-refractivity contribution in [2.24, 2.45) is 0 Å². The number of rotatable bonds is 2. The zero-order valence-corrected chi connectivity index (χ0v) is 9.47. The van der Waals surface area contributed by atoms with Crippen LogP contribution in [0.1, 0.15) is 0 Å². The van der Waals surface area contributed by atoms with Gasteiger partial charge < -0.3 is 11.1 Å². The van der Waals surface area contributed by atoms with Crippen molar-refractivity contribution in [1.82, 2.24) is 15.2 Å². The fraction of sp³-hybridized carbons (Fsp3) is 0. The molecule has 1 aromatic carbocycles. The Labute approximate surface area is 103 Å². The number of nitrogens with zero attached hydrogens (tertiary/aromatic N) is 2. The Kier molecular flexibility index (Phi) is 2.94. The minimum Gasteiger partial charge on any atom is -0.368 e.